The van der Waals surface area contributed by atoms with Crippen LogP contribution in [0.15, 0.2) is 42.5 Å². The number of hydrogen-bond acceptors (Lipinski definition) is 4. The first-order valence-electron chi connectivity index (χ1n) is 7.64. The first kappa shape index (κ1) is 12.8. The summed E-state index contributed by atoms with van der Waals surface area (Å²) >= 11 is 0. The summed E-state index contributed by atoms with van der Waals surface area (Å²) in [4.78, 5) is 2.36. The predicted octanol–water partition coefficient (Wildman–Crippen LogP) is 2.33. The molecule has 4 nitrogen and oxygen atoms in total. The summed E-state index contributed by atoms with van der Waals surface area (Å²) in [5.74, 6) is 1.72. The molecule has 0 radical (unpaired) electrons. The van der Waals surface area contributed by atoms with Crippen LogP contribution in [-0.4, -0.2) is 35.4 Å². The number of benzene rings is 1. The molecule has 0 bridgehead atoms. The monoisotopic (exact) mass is 280 g/mol. The lowest BCUT2D eigenvalue weighted by Gasteiger charge is -2.24. The minimum atomic E-state index is 0.250. The molecule has 1 aromatic heterocycles. The van der Waals surface area contributed by atoms with Gasteiger partial charge in [0.1, 0.15) is 0 Å². The summed E-state index contributed by atoms with van der Waals surface area (Å²) in [6, 6.07) is 14.4. The van der Waals surface area contributed by atoms with Crippen LogP contribution in [0.5, 0.6) is 0 Å². The molecule has 4 heteroatoms. The molecule has 2 unspecified atom stereocenters. The third-order valence-electron chi connectivity index (χ3n) is 4.93. The van der Waals surface area contributed by atoms with E-state index in [9.17, 15) is 0 Å². The van der Waals surface area contributed by atoms with E-state index in [1.807, 2.05) is 18.2 Å². The van der Waals surface area contributed by atoms with Gasteiger partial charge < -0.3 is 10.2 Å². The highest BCUT2D eigenvalue weighted by Crippen LogP contribution is 2.36. The first-order valence-corrected chi connectivity index (χ1v) is 7.64. The lowest BCUT2D eigenvalue weighted by Crippen LogP contribution is -2.43. The average molecular weight is 280 g/mol. The Hall–Kier alpha value is -1.94. The maximum absolute atomic E-state index is 4.44. The number of anilines is 1. The summed E-state index contributed by atoms with van der Waals surface area (Å²) in [5, 5.41) is 12.5. The minimum absolute atomic E-state index is 0.250. The Bertz CT molecular complexity index is 625. The fourth-order valence-corrected chi connectivity index (χ4v) is 3.63. The Balaban J connectivity index is 1.55. The van der Waals surface area contributed by atoms with Crippen LogP contribution in [0.3, 0.4) is 0 Å². The van der Waals surface area contributed by atoms with E-state index in [0.29, 0.717) is 0 Å². The summed E-state index contributed by atoms with van der Waals surface area (Å²) < 4.78 is 0. The van der Waals surface area contributed by atoms with Gasteiger partial charge in [-0.1, -0.05) is 30.3 Å². The van der Waals surface area contributed by atoms with Gasteiger partial charge in [0, 0.05) is 24.2 Å². The predicted molar refractivity (Wildman–Crippen MR) is 84.2 cm³/mol. The smallest absolute Gasteiger partial charge is 0.151 e. The lowest BCUT2D eigenvalue weighted by molar-refractivity contribution is 0.386. The second-order valence-corrected chi connectivity index (χ2v) is 6.35. The van der Waals surface area contributed by atoms with Gasteiger partial charge in [0.15, 0.2) is 5.82 Å². The zero-order valence-electron chi connectivity index (χ0n) is 12.3. The molecule has 21 heavy (non-hydrogen) atoms. The van der Waals surface area contributed by atoms with Crippen LogP contribution in [0.1, 0.15) is 13.3 Å². The summed E-state index contributed by atoms with van der Waals surface area (Å²) in [7, 11) is 0. The highest BCUT2D eigenvalue weighted by Gasteiger charge is 2.46. The van der Waals surface area contributed by atoms with Crippen molar-refractivity contribution in [2.24, 2.45) is 5.92 Å². The zero-order chi connectivity index (χ0) is 14.3. The summed E-state index contributed by atoms with van der Waals surface area (Å²) in [6.07, 6.45) is 1.27. The molecule has 2 saturated heterocycles. The van der Waals surface area contributed by atoms with Gasteiger partial charge in [-0.3, -0.25) is 0 Å². The van der Waals surface area contributed by atoms with Crippen LogP contribution >= 0.6 is 0 Å². The number of hydrogen-bond donors (Lipinski definition) is 1. The topological polar surface area (TPSA) is 41.1 Å². The Labute approximate surface area is 125 Å². The molecular weight excluding hydrogens is 260 g/mol. The third-order valence-corrected chi connectivity index (χ3v) is 4.93. The van der Waals surface area contributed by atoms with Gasteiger partial charge in [0.05, 0.1) is 5.69 Å². The van der Waals surface area contributed by atoms with Crippen molar-refractivity contribution in [3.8, 4) is 11.3 Å². The molecule has 0 aliphatic carbocycles. The molecule has 2 atom stereocenters. The Morgan fingerprint density at radius 1 is 1.14 bits per heavy atom. The van der Waals surface area contributed by atoms with Gasteiger partial charge >= 0.3 is 0 Å². The van der Waals surface area contributed by atoms with Crippen LogP contribution in [-0.2, 0) is 0 Å². The quantitative estimate of drug-likeness (QED) is 0.916. The molecule has 108 valence electrons. The van der Waals surface area contributed by atoms with E-state index in [1.54, 1.807) is 0 Å². The van der Waals surface area contributed by atoms with Crippen molar-refractivity contribution in [1.82, 2.24) is 15.5 Å². The number of nitrogens with one attached hydrogen (secondary N) is 1. The maximum Gasteiger partial charge on any atom is 0.151 e. The van der Waals surface area contributed by atoms with E-state index in [2.05, 4.69) is 51.6 Å². The lowest BCUT2D eigenvalue weighted by atomic mass is 9.91. The molecule has 0 saturated carbocycles. The van der Waals surface area contributed by atoms with Gasteiger partial charge in [-0.25, -0.2) is 0 Å². The number of nitrogens with zero attached hydrogens (tertiary/aromatic N) is 3. The molecule has 1 N–H and O–H groups in total. The Morgan fingerprint density at radius 2 is 2.00 bits per heavy atom. The maximum atomic E-state index is 4.44. The molecule has 4 rings (SSSR count). The molecule has 3 heterocycles. The molecule has 2 aliphatic rings. The molecule has 2 aromatic rings. The van der Waals surface area contributed by atoms with Gasteiger partial charge in [0.2, 0.25) is 0 Å². The molecular formula is C17H20N4. The highest BCUT2D eigenvalue weighted by atomic mass is 15.3. The standard InChI is InChI=1S/C17H20N4/c1-17-12-21(11-14(17)9-10-18-17)16-8-7-15(19-20-16)13-5-3-2-4-6-13/h2-8,14,18H,9-12H2,1H3. The normalized spacial score (nSPS) is 27.9. The first-order chi connectivity index (χ1) is 10.2. The molecule has 0 spiro atoms. The SMILES string of the molecule is CC12CN(c3ccc(-c4ccccc4)nn3)CC1CCN2. The van der Waals surface area contributed by atoms with Crippen LogP contribution in [0.2, 0.25) is 0 Å². The van der Waals surface area contributed by atoms with Crippen LogP contribution in [0.25, 0.3) is 11.3 Å². The molecule has 0 amide bonds. The van der Waals surface area contributed by atoms with Gasteiger partial charge in [-0.05, 0) is 37.9 Å². The van der Waals surface area contributed by atoms with Crippen LogP contribution in [0, 0.1) is 5.92 Å². The van der Waals surface area contributed by atoms with Gasteiger partial charge in [0.25, 0.3) is 0 Å². The van der Waals surface area contributed by atoms with Crippen molar-refractivity contribution in [3.63, 3.8) is 0 Å². The van der Waals surface area contributed by atoms with Crippen molar-refractivity contribution in [1.29, 1.82) is 0 Å². The van der Waals surface area contributed by atoms with Crippen molar-refractivity contribution in [3.05, 3.63) is 42.5 Å². The van der Waals surface area contributed by atoms with E-state index < -0.39 is 0 Å². The van der Waals surface area contributed by atoms with E-state index in [4.69, 9.17) is 0 Å². The van der Waals surface area contributed by atoms with E-state index >= 15 is 0 Å². The fourth-order valence-electron chi connectivity index (χ4n) is 3.63. The molecule has 2 fully saturated rings. The average Bonchev–Trinajstić information content (AvgIpc) is 3.03. The van der Waals surface area contributed by atoms with Crippen molar-refractivity contribution in [2.45, 2.75) is 18.9 Å². The second kappa shape index (κ2) is 4.81. The number of aromatic nitrogens is 2. The van der Waals surface area contributed by atoms with Crippen molar-refractivity contribution in [2.75, 3.05) is 24.5 Å². The third kappa shape index (κ3) is 2.20. The number of rotatable bonds is 2. The van der Waals surface area contributed by atoms with E-state index in [1.165, 1.54) is 6.42 Å². The molecule has 2 aliphatic heterocycles. The number of fused-ring (bicyclic) bond motifs is 1. The van der Waals surface area contributed by atoms with Gasteiger partial charge in [-0.15, -0.1) is 10.2 Å². The zero-order valence-corrected chi connectivity index (χ0v) is 12.3. The van der Waals surface area contributed by atoms with Crippen molar-refractivity contribution >= 4 is 5.82 Å². The van der Waals surface area contributed by atoms with Crippen LogP contribution < -0.4 is 10.2 Å². The van der Waals surface area contributed by atoms with Crippen LogP contribution in [0.4, 0.5) is 5.82 Å². The van der Waals surface area contributed by atoms with E-state index in [-0.39, 0.29) is 5.54 Å². The Kier molecular flexibility index (Phi) is 2.93. The van der Waals surface area contributed by atoms with Crippen molar-refractivity contribution < 1.29 is 0 Å². The Morgan fingerprint density at radius 3 is 2.71 bits per heavy atom. The highest BCUT2D eigenvalue weighted by molar-refractivity contribution is 5.59. The van der Waals surface area contributed by atoms with Gasteiger partial charge in [-0.2, -0.15) is 0 Å². The molecule has 1 aromatic carbocycles. The fraction of sp³-hybridized carbons (Fsp3) is 0.412. The minimum Gasteiger partial charge on any atom is -0.353 e. The summed E-state index contributed by atoms with van der Waals surface area (Å²) in [5.41, 5.74) is 2.30. The summed E-state index contributed by atoms with van der Waals surface area (Å²) in [6.45, 7) is 5.59. The van der Waals surface area contributed by atoms with E-state index in [0.717, 1.165) is 42.6 Å². The largest absolute Gasteiger partial charge is 0.353 e. The second-order valence-electron chi connectivity index (χ2n) is 6.35.